The fourth-order valence-electron chi connectivity index (χ4n) is 2.84. The van der Waals surface area contributed by atoms with Crippen molar-refractivity contribution in [3.63, 3.8) is 0 Å². The van der Waals surface area contributed by atoms with Gasteiger partial charge in [0.1, 0.15) is 5.82 Å². The van der Waals surface area contributed by atoms with Gasteiger partial charge in [-0.25, -0.2) is 15.0 Å². The number of pyridine rings is 2. The maximum absolute atomic E-state index is 12.6. The predicted octanol–water partition coefficient (Wildman–Crippen LogP) is 4.55. The Morgan fingerprint density at radius 2 is 1.83 bits per heavy atom. The lowest BCUT2D eigenvalue weighted by Gasteiger charge is -2.11. The summed E-state index contributed by atoms with van der Waals surface area (Å²) in [5, 5.41) is 6.02. The highest BCUT2D eigenvalue weighted by molar-refractivity contribution is 6.04. The van der Waals surface area contributed by atoms with Crippen LogP contribution >= 0.6 is 0 Å². The summed E-state index contributed by atoms with van der Waals surface area (Å²) in [7, 11) is 0. The third-order valence-electron chi connectivity index (χ3n) is 4.51. The van der Waals surface area contributed by atoms with Crippen molar-refractivity contribution >= 4 is 23.4 Å². The van der Waals surface area contributed by atoms with Crippen LogP contribution in [0.2, 0.25) is 0 Å². The van der Waals surface area contributed by atoms with E-state index in [2.05, 4.69) is 30.6 Å². The van der Waals surface area contributed by atoms with Crippen LogP contribution in [0, 0.1) is 13.8 Å². The lowest BCUT2D eigenvalue weighted by Crippen LogP contribution is -2.13. The second-order valence-electron chi connectivity index (χ2n) is 6.84. The first-order valence-electron chi connectivity index (χ1n) is 9.43. The van der Waals surface area contributed by atoms with Gasteiger partial charge >= 0.3 is 0 Å². The molecule has 1 aromatic carbocycles. The van der Waals surface area contributed by atoms with Crippen molar-refractivity contribution in [1.82, 2.24) is 19.9 Å². The molecule has 1 amide bonds. The van der Waals surface area contributed by atoms with E-state index in [1.165, 1.54) is 0 Å². The van der Waals surface area contributed by atoms with E-state index < -0.39 is 0 Å². The van der Waals surface area contributed by atoms with Crippen LogP contribution in [0.4, 0.5) is 17.5 Å². The molecule has 0 fully saturated rings. The van der Waals surface area contributed by atoms with Crippen LogP contribution in [-0.4, -0.2) is 25.8 Å². The Bertz CT molecular complexity index is 1180. The van der Waals surface area contributed by atoms with Crippen molar-refractivity contribution in [1.29, 1.82) is 0 Å². The van der Waals surface area contributed by atoms with E-state index in [1.807, 2.05) is 44.2 Å². The van der Waals surface area contributed by atoms with Crippen molar-refractivity contribution in [2.24, 2.45) is 0 Å². The molecule has 0 aliphatic heterocycles. The maximum atomic E-state index is 12.6. The Hall–Kier alpha value is -4.13. The quantitative estimate of drug-likeness (QED) is 0.514. The molecule has 0 saturated heterocycles. The molecular weight excluding hydrogens is 376 g/mol. The number of aryl methyl sites for hydroxylation is 2. The summed E-state index contributed by atoms with van der Waals surface area (Å²) in [6.07, 6.45) is 6.87. The molecule has 3 aromatic heterocycles. The van der Waals surface area contributed by atoms with Gasteiger partial charge in [-0.3, -0.25) is 9.78 Å². The molecule has 7 nitrogen and oxygen atoms in total. The van der Waals surface area contributed by atoms with Crippen molar-refractivity contribution in [2.45, 2.75) is 13.8 Å². The fraction of sp³-hybridized carbons (Fsp3) is 0.0870. The number of carbonyl (C=O) groups excluding carboxylic acids is 1. The van der Waals surface area contributed by atoms with Crippen LogP contribution in [0.25, 0.3) is 11.3 Å². The summed E-state index contributed by atoms with van der Waals surface area (Å²) in [5.41, 5.74) is 4.92. The lowest BCUT2D eigenvalue weighted by molar-refractivity contribution is 0.102. The van der Waals surface area contributed by atoms with E-state index in [-0.39, 0.29) is 5.91 Å². The molecule has 0 bridgehead atoms. The first kappa shape index (κ1) is 19.2. The highest BCUT2D eigenvalue weighted by atomic mass is 16.1. The van der Waals surface area contributed by atoms with E-state index in [4.69, 9.17) is 0 Å². The number of benzene rings is 1. The molecular formula is C23H20N6O. The highest BCUT2D eigenvalue weighted by Crippen LogP contribution is 2.22. The molecule has 3 heterocycles. The molecule has 148 valence electrons. The maximum Gasteiger partial charge on any atom is 0.256 e. The summed E-state index contributed by atoms with van der Waals surface area (Å²) in [6, 6.07) is 14.7. The number of hydrogen-bond acceptors (Lipinski definition) is 6. The lowest BCUT2D eigenvalue weighted by atomic mass is 10.1. The SMILES string of the molecule is Cc1ccc(NC(=O)c2ccc(C)c(Nc3nccc(-c4cccnc4)n3)c2)nc1. The molecule has 0 atom stereocenters. The zero-order chi connectivity index (χ0) is 20.9. The van der Waals surface area contributed by atoms with Crippen molar-refractivity contribution < 1.29 is 4.79 Å². The number of carbonyl (C=O) groups is 1. The van der Waals surface area contributed by atoms with Crippen molar-refractivity contribution in [3.8, 4) is 11.3 Å². The smallest absolute Gasteiger partial charge is 0.256 e. The first-order valence-corrected chi connectivity index (χ1v) is 9.43. The minimum Gasteiger partial charge on any atom is -0.324 e. The molecule has 7 heteroatoms. The number of amides is 1. The highest BCUT2D eigenvalue weighted by Gasteiger charge is 2.11. The third-order valence-corrected chi connectivity index (χ3v) is 4.51. The molecule has 4 aromatic rings. The summed E-state index contributed by atoms with van der Waals surface area (Å²) >= 11 is 0. The number of nitrogens with one attached hydrogen (secondary N) is 2. The minimum atomic E-state index is -0.237. The second kappa shape index (κ2) is 8.48. The molecule has 0 aliphatic rings. The van der Waals surface area contributed by atoms with Gasteiger partial charge in [0.05, 0.1) is 5.69 Å². The molecule has 2 N–H and O–H groups in total. The zero-order valence-corrected chi connectivity index (χ0v) is 16.6. The standard InChI is InChI=1S/C23H20N6O/c1-15-5-8-21(26-13-15)29-22(30)17-7-6-16(2)20(12-17)28-23-25-11-9-19(27-23)18-4-3-10-24-14-18/h3-14H,1-2H3,(H,25,27,28)(H,26,29,30). The zero-order valence-electron chi connectivity index (χ0n) is 16.6. The van der Waals surface area contributed by atoms with Crippen molar-refractivity contribution in [2.75, 3.05) is 10.6 Å². The Morgan fingerprint density at radius 1 is 0.933 bits per heavy atom. The van der Waals surface area contributed by atoms with Gasteiger partial charge in [0, 0.05) is 41.6 Å². The van der Waals surface area contributed by atoms with Crippen LogP contribution in [-0.2, 0) is 0 Å². The van der Waals surface area contributed by atoms with E-state index in [1.54, 1.807) is 43.0 Å². The first-order chi connectivity index (χ1) is 14.6. The normalized spacial score (nSPS) is 10.5. The van der Waals surface area contributed by atoms with Crippen LogP contribution in [0.15, 0.2) is 73.3 Å². The Kier molecular flexibility index (Phi) is 5.43. The largest absolute Gasteiger partial charge is 0.324 e. The molecule has 4 rings (SSSR count). The van der Waals surface area contributed by atoms with Crippen LogP contribution in [0.1, 0.15) is 21.5 Å². The number of hydrogen-bond donors (Lipinski definition) is 2. The van der Waals surface area contributed by atoms with Gasteiger partial charge < -0.3 is 10.6 Å². The average molecular weight is 396 g/mol. The predicted molar refractivity (Wildman–Crippen MR) is 117 cm³/mol. The Balaban J connectivity index is 1.55. The van der Waals surface area contributed by atoms with Crippen LogP contribution < -0.4 is 10.6 Å². The number of nitrogens with zero attached hydrogens (tertiary/aromatic N) is 4. The van der Waals surface area contributed by atoms with Crippen LogP contribution in [0.5, 0.6) is 0 Å². The number of aromatic nitrogens is 4. The van der Waals surface area contributed by atoms with E-state index in [9.17, 15) is 4.79 Å². The summed E-state index contributed by atoms with van der Waals surface area (Å²) in [4.78, 5) is 29.8. The van der Waals surface area contributed by atoms with Gasteiger partial charge in [0.25, 0.3) is 5.91 Å². The van der Waals surface area contributed by atoms with Gasteiger partial charge in [-0.2, -0.15) is 0 Å². The van der Waals surface area contributed by atoms with E-state index in [0.717, 1.165) is 28.1 Å². The number of anilines is 3. The van der Waals surface area contributed by atoms with Gasteiger partial charge in [0.2, 0.25) is 5.95 Å². The summed E-state index contributed by atoms with van der Waals surface area (Å²) < 4.78 is 0. The van der Waals surface area contributed by atoms with Gasteiger partial charge in [-0.1, -0.05) is 12.1 Å². The minimum absolute atomic E-state index is 0.237. The second-order valence-corrected chi connectivity index (χ2v) is 6.84. The fourth-order valence-corrected chi connectivity index (χ4v) is 2.84. The Morgan fingerprint density at radius 3 is 2.60 bits per heavy atom. The average Bonchev–Trinajstić information content (AvgIpc) is 2.77. The molecule has 0 saturated carbocycles. The van der Waals surface area contributed by atoms with Gasteiger partial charge in [0.15, 0.2) is 0 Å². The molecule has 0 aliphatic carbocycles. The summed E-state index contributed by atoms with van der Waals surface area (Å²) in [6.45, 7) is 3.90. The number of rotatable bonds is 5. The van der Waals surface area contributed by atoms with Gasteiger partial charge in [-0.15, -0.1) is 0 Å². The van der Waals surface area contributed by atoms with Gasteiger partial charge in [-0.05, 0) is 61.4 Å². The molecule has 0 unspecified atom stereocenters. The molecule has 0 spiro atoms. The monoisotopic (exact) mass is 396 g/mol. The molecule has 0 radical (unpaired) electrons. The summed E-state index contributed by atoms with van der Waals surface area (Å²) in [5.74, 6) is 0.713. The van der Waals surface area contributed by atoms with E-state index >= 15 is 0 Å². The van der Waals surface area contributed by atoms with E-state index in [0.29, 0.717) is 17.3 Å². The topological polar surface area (TPSA) is 92.7 Å². The van der Waals surface area contributed by atoms with Crippen LogP contribution in [0.3, 0.4) is 0 Å². The molecule has 30 heavy (non-hydrogen) atoms. The Labute approximate surface area is 174 Å². The van der Waals surface area contributed by atoms with Crippen molar-refractivity contribution in [3.05, 3.63) is 90.0 Å². The third kappa shape index (κ3) is 4.47.